The van der Waals surface area contributed by atoms with Crippen LogP contribution in [0, 0.1) is 23.2 Å². The number of ether oxygens (including phenoxy) is 1. The molecule has 0 aromatic heterocycles. The Bertz CT molecular complexity index is 359. The lowest BCUT2D eigenvalue weighted by atomic mass is 9.70. The Morgan fingerprint density at radius 2 is 1.42 bits per heavy atom. The van der Waals surface area contributed by atoms with Gasteiger partial charge in [0.15, 0.2) is 5.60 Å². The van der Waals surface area contributed by atoms with Crippen molar-refractivity contribution in [2.75, 3.05) is 6.61 Å². The quantitative estimate of drug-likeness (QED) is 0.412. The summed E-state index contributed by atoms with van der Waals surface area (Å²) in [5, 5.41) is 9.66. The zero-order valence-electron chi connectivity index (χ0n) is 16.0. The average molecular weight is 334 g/mol. The van der Waals surface area contributed by atoms with E-state index in [1.165, 1.54) is 83.5 Å². The molecule has 24 heavy (non-hydrogen) atoms. The number of unbranched alkanes of at least 4 members (excludes halogenated alkanes) is 6. The van der Waals surface area contributed by atoms with E-state index >= 15 is 0 Å². The molecule has 0 aromatic rings. The Morgan fingerprint density at radius 3 is 2.04 bits per heavy atom. The fourth-order valence-corrected chi connectivity index (χ4v) is 4.80. The third-order valence-electron chi connectivity index (χ3n) is 6.48. The average Bonchev–Trinajstić information content (AvgIpc) is 2.65. The summed E-state index contributed by atoms with van der Waals surface area (Å²) in [6, 6.07) is 2.54. The van der Waals surface area contributed by atoms with Gasteiger partial charge in [-0.25, -0.2) is 0 Å². The van der Waals surface area contributed by atoms with E-state index in [1.54, 1.807) is 0 Å². The molecule has 2 aliphatic carbocycles. The fraction of sp³-hybridized carbons (Fsp3) is 0.955. The molecular weight excluding hydrogens is 294 g/mol. The van der Waals surface area contributed by atoms with Crippen LogP contribution in [-0.2, 0) is 4.74 Å². The van der Waals surface area contributed by atoms with Crippen molar-refractivity contribution in [2.24, 2.45) is 11.8 Å². The Labute approximate surface area is 150 Å². The monoisotopic (exact) mass is 333 g/mol. The number of hydrogen-bond acceptors (Lipinski definition) is 2. The molecule has 0 radical (unpaired) electrons. The van der Waals surface area contributed by atoms with E-state index in [0.29, 0.717) is 0 Å². The normalized spacial score (nSPS) is 28.6. The van der Waals surface area contributed by atoms with Gasteiger partial charge in [-0.1, -0.05) is 77.6 Å². The molecule has 2 saturated carbocycles. The maximum atomic E-state index is 9.66. The number of hydrogen-bond donors (Lipinski definition) is 0. The van der Waals surface area contributed by atoms with Crippen molar-refractivity contribution in [3.63, 3.8) is 0 Å². The summed E-state index contributed by atoms with van der Waals surface area (Å²) >= 11 is 0. The molecule has 2 nitrogen and oxygen atoms in total. The summed E-state index contributed by atoms with van der Waals surface area (Å²) in [6.07, 6.45) is 20.7. The van der Waals surface area contributed by atoms with E-state index in [4.69, 9.17) is 4.74 Å². The lowest BCUT2D eigenvalue weighted by Gasteiger charge is -2.39. The van der Waals surface area contributed by atoms with Crippen molar-refractivity contribution < 1.29 is 4.74 Å². The van der Waals surface area contributed by atoms with Gasteiger partial charge in [0, 0.05) is 6.61 Å². The highest BCUT2D eigenvalue weighted by molar-refractivity contribution is 5.05. The Hall–Kier alpha value is -0.550. The summed E-state index contributed by atoms with van der Waals surface area (Å²) in [6.45, 7) is 3.05. The molecule has 0 aromatic carbocycles. The minimum Gasteiger partial charge on any atom is -0.360 e. The zero-order valence-corrected chi connectivity index (χ0v) is 16.0. The van der Waals surface area contributed by atoms with Gasteiger partial charge in [-0.05, 0) is 43.9 Å². The van der Waals surface area contributed by atoms with Gasteiger partial charge in [0.05, 0.1) is 6.07 Å². The highest BCUT2D eigenvalue weighted by Crippen LogP contribution is 2.42. The largest absolute Gasteiger partial charge is 0.360 e. The molecule has 0 heterocycles. The van der Waals surface area contributed by atoms with Crippen molar-refractivity contribution in [1.29, 1.82) is 5.26 Å². The number of nitriles is 1. The van der Waals surface area contributed by atoms with Crippen LogP contribution in [0.5, 0.6) is 0 Å². The summed E-state index contributed by atoms with van der Waals surface area (Å²) in [7, 11) is 0. The predicted octanol–water partition coefficient (Wildman–Crippen LogP) is 6.79. The lowest BCUT2D eigenvalue weighted by Crippen LogP contribution is -2.38. The molecular formula is C22H39NO. The van der Waals surface area contributed by atoms with E-state index in [1.807, 2.05) is 0 Å². The second-order valence-corrected chi connectivity index (χ2v) is 8.31. The minimum absolute atomic E-state index is 0.451. The lowest BCUT2D eigenvalue weighted by molar-refractivity contribution is -0.0448. The van der Waals surface area contributed by atoms with Gasteiger partial charge >= 0.3 is 0 Å². The molecule has 0 atom stereocenters. The van der Waals surface area contributed by atoms with Crippen molar-refractivity contribution in [3.8, 4) is 6.07 Å². The van der Waals surface area contributed by atoms with E-state index in [2.05, 4.69) is 13.0 Å². The second-order valence-electron chi connectivity index (χ2n) is 8.31. The molecule has 2 aliphatic rings. The molecule has 2 heteroatoms. The van der Waals surface area contributed by atoms with Crippen LogP contribution < -0.4 is 0 Å². The molecule has 0 bridgehead atoms. The topological polar surface area (TPSA) is 33.0 Å². The van der Waals surface area contributed by atoms with Gasteiger partial charge < -0.3 is 4.74 Å². The molecule has 0 unspecified atom stereocenters. The Kier molecular flexibility index (Phi) is 9.18. The second kappa shape index (κ2) is 11.1. The number of nitrogens with zero attached hydrogens (tertiary/aromatic N) is 1. The van der Waals surface area contributed by atoms with E-state index < -0.39 is 5.60 Å². The molecule has 2 fully saturated rings. The molecule has 0 N–H and O–H groups in total. The SMILES string of the molecule is CCCCCCCCCO[C@]1(C#N)CC[C@@H](C2CCCCC2)CC1. The van der Waals surface area contributed by atoms with Crippen molar-refractivity contribution in [2.45, 2.75) is 115 Å². The summed E-state index contributed by atoms with van der Waals surface area (Å²) in [5.74, 6) is 1.81. The van der Waals surface area contributed by atoms with Crippen molar-refractivity contribution in [1.82, 2.24) is 0 Å². The predicted molar refractivity (Wildman–Crippen MR) is 101 cm³/mol. The van der Waals surface area contributed by atoms with Crippen LogP contribution >= 0.6 is 0 Å². The first kappa shape index (κ1) is 19.8. The smallest absolute Gasteiger partial charge is 0.154 e. The molecule has 0 aliphatic heterocycles. The standard InChI is InChI=1S/C22H39NO/c1-2-3-4-5-6-7-11-18-24-22(19-23)16-14-21(15-17-22)20-12-9-8-10-13-20/h20-21H,2-18H2,1H3/t21-,22-. The fourth-order valence-electron chi connectivity index (χ4n) is 4.80. The van der Waals surface area contributed by atoms with Crippen molar-refractivity contribution >= 4 is 0 Å². The van der Waals surface area contributed by atoms with Crippen LogP contribution in [0.25, 0.3) is 0 Å². The summed E-state index contributed by atoms with van der Waals surface area (Å²) in [4.78, 5) is 0. The summed E-state index contributed by atoms with van der Waals surface area (Å²) in [5.41, 5.74) is -0.451. The highest BCUT2D eigenvalue weighted by Gasteiger charge is 2.38. The van der Waals surface area contributed by atoms with Crippen LogP contribution in [0.1, 0.15) is 110 Å². The minimum atomic E-state index is -0.451. The van der Waals surface area contributed by atoms with E-state index in [0.717, 1.165) is 37.7 Å². The zero-order chi connectivity index (χ0) is 17.1. The van der Waals surface area contributed by atoms with Crippen LogP contribution in [0.15, 0.2) is 0 Å². The maximum Gasteiger partial charge on any atom is 0.154 e. The van der Waals surface area contributed by atoms with Crippen molar-refractivity contribution in [3.05, 3.63) is 0 Å². The van der Waals surface area contributed by atoms with Gasteiger partial charge in [0.1, 0.15) is 0 Å². The third kappa shape index (κ3) is 6.40. The van der Waals surface area contributed by atoms with E-state index in [-0.39, 0.29) is 0 Å². The van der Waals surface area contributed by atoms with Gasteiger partial charge in [-0.2, -0.15) is 5.26 Å². The Balaban J connectivity index is 1.60. The maximum absolute atomic E-state index is 9.66. The highest BCUT2D eigenvalue weighted by atomic mass is 16.5. The van der Waals surface area contributed by atoms with Crippen LogP contribution in [0.4, 0.5) is 0 Å². The van der Waals surface area contributed by atoms with Gasteiger partial charge in [0.25, 0.3) is 0 Å². The third-order valence-corrected chi connectivity index (χ3v) is 6.48. The first-order valence-electron chi connectivity index (χ1n) is 10.8. The van der Waals surface area contributed by atoms with E-state index in [9.17, 15) is 5.26 Å². The summed E-state index contributed by atoms with van der Waals surface area (Å²) < 4.78 is 6.12. The van der Waals surface area contributed by atoms with Crippen LogP contribution in [0.2, 0.25) is 0 Å². The first-order chi connectivity index (χ1) is 11.8. The number of rotatable bonds is 10. The molecule has 0 saturated heterocycles. The first-order valence-corrected chi connectivity index (χ1v) is 10.8. The van der Waals surface area contributed by atoms with Gasteiger partial charge in [0.2, 0.25) is 0 Å². The van der Waals surface area contributed by atoms with Crippen LogP contribution in [0.3, 0.4) is 0 Å². The molecule has 0 spiro atoms. The van der Waals surface area contributed by atoms with Gasteiger partial charge in [-0.15, -0.1) is 0 Å². The molecule has 2 rings (SSSR count). The van der Waals surface area contributed by atoms with Crippen LogP contribution in [-0.4, -0.2) is 12.2 Å². The van der Waals surface area contributed by atoms with Gasteiger partial charge in [-0.3, -0.25) is 0 Å². The molecule has 0 amide bonds. The Morgan fingerprint density at radius 1 is 0.833 bits per heavy atom. The molecule has 138 valence electrons.